The first-order valence-electron chi connectivity index (χ1n) is 8.82. The molecule has 0 aromatic heterocycles. The van der Waals surface area contributed by atoms with Crippen LogP contribution in [0.5, 0.6) is 0 Å². The van der Waals surface area contributed by atoms with Gasteiger partial charge >= 0.3 is 0 Å². The predicted molar refractivity (Wildman–Crippen MR) is 105 cm³/mol. The van der Waals surface area contributed by atoms with Crippen molar-refractivity contribution in [2.45, 2.75) is 30.8 Å². The van der Waals surface area contributed by atoms with Gasteiger partial charge in [-0.25, -0.2) is 8.42 Å². The number of nitrogens with one attached hydrogen (secondary N) is 1. The number of nitro benzene ring substituents is 1. The van der Waals surface area contributed by atoms with Gasteiger partial charge in [0.15, 0.2) is 9.84 Å². The predicted octanol–water partition coefficient (Wildman–Crippen LogP) is 2.73. The average Bonchev–Trinajstić information content (AvgIpc) is 3.08. The van der Waals surface area contributed by atoms with Crippen LogP contribution < -0.4 is 5.32 Å². The molecule has 1 aliphatic heterocycles. The van der Waals surface area contributed by atoms with Gasteiger partial charge in [0.25, 0.3) is 5.69 Å². The van der Waals surface area contributed by atoms with Crippen molar-refractivity contribution in [3.63, 3.8) is 0 Å². The van der Waals surface area contributed by atoms with Crippen LogP contribution in [0.2, 0.25) is 0 Å². The van der Waals surface area contributed by atoms with E-state index in [1.165, 1.54) is 12.1 Å². The zero-order valence-corrected chi connectivity index (χ0v) is 16.2. The maximum absolute atomic E-state index is 12.4. The number of sulfone groups is 1. The Morgan fingerprint density at radius 1 is 1.18 bits per heavy atom. The van der Waals surface area contributed by atoms with Crippen LogP contribution in [0.15, 0.2) is 47.4 Å². The van der Waals surface area contributed by atoms with Crippen LogP contribution in [0.3, 0.4) is 0 Å². The van der Waals surface area contributed by atoms with E-state index in [1.54, 1.807) is 4.90 Å². The molecule has 2 aromatic carbocycles. The molecular weight excluding hydrogens is 382 g/mol. The summed E-state index contributed by atoms with van der Waals surface area (Å²) >= 11 is 0. The van der Waals surface area contributed by atoms with Crippen LogP contribution >= 0.6 is 0 Å². The number of hydrogen-bond donors (Lipinski definition) is 1. The fourth-order valence-electron chi connectivity index (χ4n) is 3.17. The molecule has 1 aliphatic rings. The highest BCUT2D eigenvalue weighted by molar-refractivity contribution is 7.90. The Morgan fingerprint density at radius 3 is 2.39 bits per heavy atom. The van der Waals surface area contributed by atoms with Crippen molar-refractivity contribution in [3.05, 3.63) is 63.7 Å². The average molecular weight is 403 g/mol. The molecule has 0 unspecified atom stereocenters. The number of benzene rings is 2. The minimum absolute atomic E-state index is 0.0416. The smallest absolute Gasteiger partial charge is 0.293 e. The van der Waals surface area contributed by atoms with Crippen molar-refractivity contribution >= 4 is 27.1 Å². The van der Waals surface area contributed by atoms with Gasteiger partial charge in [0.2, 0.25) is 5.91 Å². The fraction of sp³-hybridized carbons (Fsp3) is 0.316. The second-order valence-corrected chi connectivity index (χ2v) is 8.77. The lowest BCUT2D eigenvalue weighted by Gasteiger charge is -2.15. The zero-order valence-electron chi connectivity index (χ0n) is 15.4. The number of nitrogens with zero attached hydrogens (tertiary/aromatic N) is 2. The quantitative estimate of drug-likeness (QED) is 0.432. The van der Waals surface area contributed by atoms with E-state index in [0.717, 1.165) is 23.4 Å². The van der Waals surface area contributed by atoms with Crippen molar-refractivity contribution in [2.24, 2.45) is 0 Å². The molecule has 2 aromatic rings. The van der Waals surface area contributed by atoms with Crippen LogP contribution in [0.1, 0.15) is 24.0 Å². The molecule has 9 heteroatoms. The first-order chi connectivity index (χ1) is 13.3. The molecule has 28 heavy (non-hydrogen) atoms. The molecule has 0 bridgehead atoms. The van der Waals surface area contributed by atoms with E-state index >= 15 is 0 Å². The molecule has 0 atom stereocenters. The van der Waals surface area contributed by atoms with Crippen LogP contribution in [0, 0.1) is 10.1 Å². The number of rotatable bonds is 7. The van der Waals surface area contributed by atoms with Gasteiger partial charge in [-0.05, 0) is 29.7 Å². The zero-order chi connectivity index (χ0) is 20.3. The molecule has 0 spiro atoms. The molecule has 3 rings (SSSR count). The molecule has 1 amide bonds. The molecule has 0 radical (unpaired) electrons. The van der Waals surface area contributed by atoms with Crippen molar-refractivity contribution < 1.29 is 18.1 Å². The summed E-state index contributed by atoms with van der Waals surface area (Å²) < 4.78 is 23.2. The Hall–Kier alpha value is -2.94. The topological polar surface area (TPSA) is 110 Å². The highest BCUT2D eigenvalue weighted by atomic mass is 32.2. The third kappa shape index (κ3) is 4.48. The first kappa shape index (κ1) is 19.8. The third-order valence-electron chi connectivity index (χ3n) is 4.67. The number of anilines is 1. The minimum atomic E-state index is -3.53. The highest BCUT2D eigenvalue weighted by Crippen LogP contribution is 2.28. The van der Waals surface area contributed by atoms with Crippen molar-refractivity contribution in [1.82, 2.24) is 4.90 Å². The maximum atomic E-state index is 12.4. The van der Waals surface area contributed by atoms with Gasteiger partial charge in [0.1, 0.15) is 5.69 Å². The largest absolute Gasteiger partial charge is 0.379 e. The highest BCUT2D eigenvalue weighted by Gasteiger charge is 2.22. The van der Waals surface area contributed by atoms with E-state index in [-0.39, 0.29) is 22.2 Å². The van der Waals surface area contributed by atoms with Gasteiger partial charge in [-0.15, -0.1) is 0 Å². The van der Waals surface area contributed by atoms with Gasteiger partial charge in [-0.2, -0.15) is 0 Å². The molecule has 0 saturated heterocycles. The molecule has 1 N–H and O–H groups in total. The van der Waals surface area contributed by atoms with E-state index in [0.29, 0.717) is 32.5 Å². The summed E-state index contributed by atoms with van der Waals surface area (Å²) in [6.07, 6.45) is 1.84. The lowest BCUT2D eigenvalue weighted by molar-refractivity contribution is -0.384. The molecular formula is C19H21N3O5S. The summed E-state index contributed by atoms with van der Waals surface area (Å²) in [5, 5.41) is 14.2. The lowest BCUT2D eigenvalue weighted by atomic mass is 10.1. The van der Waals surface area contributed by atoms with Crippen molar-refractivity contribution in [3.8, 4) is 0 Å². The van der Waals surface area contributed by atoms with Crippen molar-refractivity contribution in [1.29, 1.82) is 0 Å². The number of hydrogen-bond acceptors (Lipinski definition) is 6. The SMILES string of the molecule is CS(=O)(=O)c1ccc(NCCCC(=O)N2Cc3ccccc3C2)c([N+](=O)[O-])c1. The Bertz CT molecular complexity index is 995. The molecule has 148 valence electrons. The second-order valence-electron chi connectivity index (χ2n) is 6.76. The Labute approximate surface area is 163 Å². The second kappa shape index (κ2) is 7.97. The number of amides is 1. The molecule has 1 heterocycles. The summed E-state index contributed by atoms with van der Waals surface area (Å²) in [5.41, 5.74) is 2.26. The molecule has 0 fully saturated rings. The number of carbonyl (C=O) groups is 1. The Morgan fingerprint density at radius 2 is 1.82 bits per heavy atom. The molecule has 0 aliphatic carbocycles. The molecule has 8 nitrogen and oxygen atoms in total. The normalized spacial score (nSPS) is 13.2. The van der Waals surface area contributed by atoms with Crippen LogP contribution in [-0.4, -0.2) is 36.9 Å². The van der Waals surface area contributed by atoms with E-state index in [9.17, 15) is 23.3 Å². The fourth-order valence-corrected chi connectivity index (χ4v) is 3.81. The van der Waals surface area contributed by atoms with Gasteiger partial charge < -0.3 is 10.2 Å². The summed E-state index contributed by atoms with van der Waals surface area (Å²) in [6.45, 7) is 1.59. The number of fused-ring (bicyclic) bond motifs is 1. The van der Waals surface area contributed by atoms with Crippen molar-refractivity contribution in [2.75, 3.05) is 18.1 Å². The summed E-state index contributed by atoms with van der Waals surface area (Å²) in [4.78, 5) is 24.7. The third-order valence-corrected chi connectivity index (χ3v) is 5.78. The lowest BCUT2D eigenvalue weighted by Crippen LogP contribution is -2.25. The monoisotopic (exact) mass is 403 g/mol. The standard InChI is InChI=1S/C19H21N3O5S/c1-28(26,27)16-8-9-17(18(11-16)22(24)25)20-10-4-7-19(23)21-12-14-5-2-3-6-15(14)13-21/h2-3,5-6,8-9,11,20H,4,7,10,12-13H2,1H3. The van der Waals surface area contributed by atoms with E-state index in [2.05, 4.69) is 5.32 Å². The van der Waals surface area contributed by atoms with E-state index < -0.39 is 14.8 Å². The summed E-state index contributed by atoms with van der Waals surface area (Å²) in [7, 11) is -3.53. The van der Waals surface area contributed by atoms with E-state index in [4.69, 9.17) is 0 Å². The van der Waals surface area contributed by atoms with Crippen LogP contribution in [-0.2, 0) is 27.7 Å². The Balaban J connectivity index is 1.54. The summed E-state index contributed by atoms with van der Waals surface area (Å²) in [6, 6.07) is 11.7. The maximum Gasteiger partial charge on any atom is 0.293 e. The molecule has 0 saturated carbocycles. The van der Waals surface area contributed by atoms with Gasteiger partial charge in [-0.3, -0.25) is 14.9 Å². The Kier molecular flexibility index (Phi) is 5.64. The number of carbonyl (C=O) groups excluding carboxylic acids is 1. The van der Waals surface area contributed by atoms with Gasteiger partial charge in [-0.1, -0.05) is 24.3 Å². The first-order valence-corrected chi connectivity index (χ1v) is 10.7. The minimum Gasteiger partial charge on any atom is -0.379 e. The van der Waals surface area contributed by atoms with Gasteiger partial charge in [0.05, 0.1) is 9.82 Å². The van der Waals surface area contributed by atoms with Crippen LogP contribution in [0.4, 0.5) is 11.4 Å². The number of nitro groups is 1. The van der Waals surface area contributed by atoms with Crippen LogP contribution in [0.25, 0.3) is 0 Å². The summed E-state index contributed by atoms with van der Waals surface area (Å²) in [5.74, 6) is 0.0416. The van der Waals surface area contributed by atoms with E-state index in [1.807, 2.05) is 24.3 Å². The van der Waals surface area contributed by atoms with Gasteiger partial charge in [0, 0.05) is 38.4 Å².